The van der Waals surface area contributed by atoms with Gasteiger partial charge in [-0.3, -0.25) is 38.6 Å². The molecular weight excluding hydrogens is 678 g/mol. The number of H-pyrrole nitrogens is 1. The van der Waals surface area contributed by atoms with Gasteiger partial charge in [-0.15, -0.1) is 0 Å². The summed E-state index contributed by atoms with van der Waals surface area (Å²) in [6.07, 6.45) is 14.3. The first-order chi connectivity index (χ1) is 25.5. The van der Waals surface area contributed by atoms with Gasteiger partial charge in [0, 0.05) is 49.9 Å². The number of nitrogens with zero attached hydrogens (tertiary/aromatic N) is 5. The average molecular weight is 730 g/mol. The van der Waals surface area contributed by atoms with Gasteiger partial charge in [0.1, 0.15) is 12.1 Å². The van der Waals surface area contributed by atoms with Crippen LogP contribution < -0.4 is 21.6 Å². The van der Waals surface area contributed by atoms with E-state index < -0.39 is 11.9 Å². The summed E-state index contributed by atoms with van der Waals surface area (Å²) in [5.41, 5.74) is 3.82. The van der Waals surface area contributed by atoms with Crippen LogP contribution in [-0.2, 0) is 34.3 Å². The molecule has 0 radical (unpaired) electrons. The third-order valence-corrected chi connectivity index (χ3v) is 10.3. The molecule has 4 N–H and O–H groups in total. The number of hydrogen-bond acceptors (Lipinski definition) is 8. The van der Waals surface area contributed by atoms with Gasteiger partial charge in [0.05, 0.1) is 22.8 Å². The van der Waals surface area contributed by atoms with E-state index in [1.54, 1.807) is 24.0 Å². The van der Waals surface area contributed by atoms with E-state index in [9.17, 15) is 24.0 Å². The number of unbranched alkanes of at least 4 members (excludes halogenated alkanes) is 6. The molecule has 4 aromatic rings. The number of amides is 4. The van der Waals surface area contributed by atoms with Gasteiger partial charge in [-0.2, -0.15) is 10.2 Å². The Morgan fingerprint density at radius 2 is 1.75 bits per heavy atom. The molecular formula is C38H51N9O6. The molecule has 2 fully saturated rings. The number of ether oxygens (including phenoxy) is 1. The number of alkyl carbamates (subject to hydrolysis) is 1. The molecule has 0 spiro atoms. The van der Waals surface area contributed by atoms with Crippen molar-refractivity contribution in [2.45, 2.75) is 128 Å². The monoisotopic (exact) mass is 729 g/mol. The van der Waals surface area contributed by atoms with Gasteiger partial charge in [-0.05, 0) is 76.5 Å². The van der Waals surface area contributed by atoms with Crippen molar-refractivity contribution in [2.24, 2.45) is 7.05 Å². The van der Waals surface area contributed by atoms with Crippen molar-refractivity contribution in [3.05, 3.63) is 64.0 Å². The number of aromatic amines is 1. The zero-order valence-electron chi connectivity index (χ0n) is 30.9. The van der Waals surface area contributed by atoms with Crippen LogP contribution >= 0.6 is 0 Å². The van der Waals surface area contributed by atoms with E-state index in [0.717, 1.165) is 87.5 Å². The van der Waals surface area contributed by atoms with Gasteiger partial charge in [-0.1, -0.05) is 38.2 Å². The molecule has 3 aromatic heterocycles. The molecule has 4 heterocycles. The van der Waals surface area contributed by atoms with Crippen molar-refractivity contribution in [3.63, 3.8) is 0 Å². The summed E-state index contributed by atoms with van der Waals surface area (Å²) in [7, 11) is 1.72. The maximum atomic E-state index is 13.0. The predicted octanol–water partition coefficient (Wildman–Crippen LogP) is 5.23. The fourth-order valence-corrected chi connectivity index (χ4v) is 7.43. The van der Waals surface area contributed by atoms with Gasteiger partial charge in [0.15, 0.2) is 5.82 Å². The fraction of sp³-hybridized carbons (Fsp3) is 0.553. The van der Waals surface area contributed by atoms with E-state index in [1.807, 2.05) is 42.8 Å². The van der Waals surface area contributed by atoms with Gasteiger partial charge in [0.25, 0.3) is 5.91 Å². The zero-order valence-corrected chi connectivity index (χ0v) is 30.9. The van der Waals surface area contributed by atoms with E-state index in [0.29, 0.717) is 29.7 Å². The number of piperidine rings is 1. The molecule has 15 nitrogen and oxygen atoms in total. The highest BCUT2D eigenvalue weighted by Gasteiger charge is 2.32. The van der Waals surface area contributed by atoms with E-state index in [-0.39, 0.29) is 48.1 Å². The summed E-state index contributed by atoms with van der Waals surface area (Å²) in [5, 5.41) is 19.6. The zero-order chi connectivity index (χ0) is 37.5. The summed E-state index contributed by atoms with van der Waals surface area (Å²) in [6, 6.07) is 7.19. The van der Waals surface area contributed by atoms with Crippen LogP contribution in [0.25, 0.3) is 11.0 Å². The highest BCUT2D eigenvalue weighted by molar-refractivity contribution is 6.03. The van der Waals surface area contributed by atoms with Gasteiger partial charge < -0.3 is 15.4 Å². The summed E-state index contributed by atoms with van der Waals surface area (Å²) in [6.45, 7) is 4.53. The van der Waals surface area contributed by atoms with E-state index >= 15 is 0 Å². The van der Waals surface area contributed by atoms with E-state index in [4.69, 9.17) is 4.74 Å². The van der Waals surface area contributed by atoms with Crippen molar-refractivity contribution in [1.29, 1.82) is 0 Å². The molecule has 1 aliphatic heterocycles. The molecule has 1 saturated heterocycles. The second-order valence-corrected chi connectivity index (χ2v) is 14.7. The average Bonchev–Trinajstić information content (AvgIpc) is 3.93. The number of rotatable bonds is 16. The van der Waals surface area contributed by atoms with Crippen molar-refractivity contribution in [2.75, 3.05) is 5.32 Å². The van der Waals surface area contributed by atoms with Gasteiger partial charge >= 0.3 is 11.8 Å². The molecule has 0 bridgehead atoms. The fourth-order valence-electron chi connectivity index (χ4n) is 7.43. The summed E-state index contributed by atoms with van der Waals surface area (Å²) in [4.78, 5) is 61.8. The molecule has 1 aliphatic carbocycles. The lowest BCUT2D eigenvalue weighted by atomic mass is 10.0. The molecule has 2 aliphatic rings. The number of hydrogen-bond donors (Lipinski definition) is 4. The second-order valence-electron chi connectivity index (χ2n) is 14.7. The van der Waals surface area contributed by atoms with E-state index in [1.165, 1.54) is 4.57 Å². The number of carbonyl (C=O) groups excluding carboxylic acids is 4. The molecule has 284 valence electrons. The first-order valence-corrected chi connectivity index (χ1v) is 19.0. The quantitative estimate of drug-likeness (QED) is 0.0891. The minimum absolute atomic E-state index is 0.0266. The van der Waals surface area contributed by atoms with Crippen LogP contribution in [-0.4, -0.2) is 65.1 Å². The number of fused-ring (bicyclic) bond motifs is 1. The molecule has 1 unspecified atom stereocenters. The number of carbonyl (C=O) groups is 4. The Labute approximate surface area is 308 Å². The topological polar surface area (TPSA) is 187 Å². The van der Waals surface area contributed by atoms with Crippen LogP contribution in [0.1, 0.15) is 124 Å². The van der Waals surface area contributed by atoms with Crippen LogP contribution in [0.15, 0.2) is 41.5 Å². The minimum atomic E-state index is -0.674. The molecule has 1 aromatic carbocycles. The van der Waals surface area contributed by atoms with Crippen molar-refractivity contribution in [3.8, 4) is 0 Å². The Balaban J connectivity index is 0.852. The number of anilines is 1. The number of nitrogens with one attached hydrogen (secondary N) is 4. The first kappa shape index (κ1) is 37.5. The minimum Gasteiger partial charge on any atom is -0.446 e. The van der Waals surface area contributed by atoms with Crippen LogP contribution in [0.5, 0.6) is 0 Å². The first-order valence-electron chi connectivity index (χ1n) is 19.0. The lowest BCUT2D eigenvalue weighted by molar-refractivity contribution is -0.135. The molecule has 15 heteroatoms. The van der Waals surface area contributed by atoms with Gasteiger partial charge in [-0.25, -0.2) is 9.59 Å². The van der Waals surface area contributed by atoms with Gasteiger partial charge in [0.2, 0.25) is 11.8 Å². The number of aromatic nitrogens is 6. The maximum Gasteiger partial charge on any atom is 0.407 e. The Kier molecular flexibility index (Phi) is 12.1. The number of aryl methyl sites for hydroxylation is 3. The number of benzene rings is 1. The molecule has 1 saturated carbocycles. The Morgan fingerprint density at radius 3 is 2.53 bits per heavy atom. The lowest BCUT2D eigenvalue weighted by Crippen LogP contribution is -2.44. The number of imidazole rings is 1. The SMILES string of the molecule is CC(C)NC(=O)O[C@@H]1CC[C@H](c2cc(NC(=O)c3cnn(CCCCCCCCCc4ccc5c(c4)n(C)c(=O)n5C4CCC(=O)NC4=O)c3)n[nH]2)C1. The van der Waals surface area contributed by atoms with Crippen molar-refractivity contribution >= 4 is 40.7 Å². The van der Waals surface area contributed by atoms with Crippen molar-refractivity contribution in [1.82, 2.24) is 39.7 Å². The third-order valence-electron chi connectivity index (χ3n) is 10.3. The third kappa shape index (κ3) is 9.43. The van der Waals surface area contributed by atoms with Crippen molar-refractivity contribution < 1.29 is 23.9 Å². The molecule has 4 amide bonds. The normalized spacial score (nSPS) is 18.8. The molecule has 3 atom stereocenters. The molecule has 53 heavy (non-hydrogen) atoms. The van der Waals surface area contributed by atoms with Crippen LogP contribution in [0.4, 0.5) is 10.6 Å². The van der Waals surface area contributed by atoms with E-state index in [2.05, 4.69) is 31.2 Å². The Bertz CT molecular complexity index is 1990. The van der Waals surface area contributed by atoms with Crippen LogP contribution in [0.3, 0.4) is 0 Å². The second kappa shape index (κ2) is 17.1. The smallest absolute Gasteiger partial charge is 0.407 e. The summed E-state index contributed by atoms with van der Waals surface area (Å²) < 4.78 is 10.4. The lowest BCUT2D eigenvalue weighted by Gasteiger charge is -2.21. The maximum absolute atomic E-state index is 13.0. The number of imide groups is 1. The highest BCUT2D eigenvalue weighted by atomic mass is 16.6. The van der Waals surface area contributed by atoms with Crippen LogP contribution in [0, 0.1) is 0 Å². The Hall–Kier alpha value is -5.21. The summed E-state index contributed by atoms with van der Waals surface area (Å²) in [5.74, 6) is -0.347. The highest BCUT2D eigenvalue weighted by Crippen LogP contribution is 2.36. The Morgan fingerprint density at radius 1 is 0.981 bits per heavy atom. The largest absolute Gasteiger partial charge is 0.446 e. The predicted molar refractivity (Wildman–Crippen MR) is 199 cm³/mol. The van der Waals surface area contributed by atoms with Crippen LogP contribution in [0.2, 0.25) is 0 Å². The summed E-state index contributed by atoms with van der Waals surface area (Å²) >= 11 is 0. The molecule has 6 rings (SSSR count). The standard InChI is InChI=1S/C38H51N9O6/c1-24(2)40-37(51)53-28-14-13-26(20-28)29-21-33(44-43-29)41-35(49)27-22-39-46(23-27)18-10-8-6-4-5-7-9-11-25-12-15-30-32(19-25)45(3)38(52)47(30)31-16-17-34(48)42-36(31)50/h12,15,19,21-24,26,28,31H,4-11,13-14,16-18,20H2,1-3H3,(H,40,51)(H,42,48,50)(H2,41,43,44,49)/t26-,28+,31?/m0/s1.